The number of nitrogens with one attached hydrogen (secondary N) is 3. The van der Waals surface area contributed by atoms with Gasteiger partial charge in [0.25, 0.3) is 0 Å². The van der Waals surface area contributed by atoms with Crippen molar-refractivity contribution in [2.24, 2.45) is 12.0 Å². The van der Waals surface area contributed by atoms with E-state index in [0.717, 1.165) is 23.4 Å². The molecule has 1 aromatic carbocycles. The van der Waals surface area contributed by atoms with E-state index in [4.69, 9.17) is 0 Å². The van der Waals surface area contributed by atoms with Crippen molar-refractivity contribution >= 4 is 16.0 Å². The predicted octanol–water partition coefficient (Wildman–Crippen LogP) is 0.725. The van der Waals surface area contributed by atoms with Crippen LogP contribution in [-0.4, -0.2) is 37.8 Å². The van der Waals surface area contributed by atoms with Gasteiger partial charge in [-0.25, -0.2) is 18.1 Å². The van der Waals surface area contributed by atoms with Crippen molar-refractivity contribution in [3.8, 4) is 0 Å². The summed E-state index contributed by atoms with van der Waals surface area (Å²) in [5, 5.41) is 10.6. The van der Waals surface area contributed by atoms with Gasteiger partial charge in [0.15, 0.2) is 5.96 Å². The standard InChI is InChI=1S/C17H26N6O2S/c1-4-19-17(21-12-16-8-9-22-23(16)3)20-11-14-6-5-7-15(10-14)13-26(24,25)18-2/h5-10,18H,4,11-13H2,1-3H3,(H2,19,20,21). The molecule has 0 unspecified atom stereocenters. The quantitative estimate of drug-likeness (QED) is 0.464. The van der Waals surface area contributed by atoms with Gasteiger partial charge in [-0.1, -0.05) is 24.3 Å². The molecule has 0 saturated carbocycles. The fourth-order valence-corrected chi connectivity index (χ4v) is 3.13. The third kappa shape index (κ3) is 6.16. The molecule has 0 spiro atoms. The van der Waals surface area contributed by atoms with Crippen molar-refractivity contribution in [3.63, 3.8) is 0 Å². The van der Waals surface area contributed by atoms with Crippen LogP contribution in [0.5, 0.6) is 0 Å². The average Bonchev–Trinajstić information content (AvgIpc) is 3.02. The zero-order valence-electron chi connectivity index (χ0n) is 15.4. The first-order chi connectivity index (χ1) is 12.4. The van der Waals surface area contributed by atoms with Crippen LogP contribution in [0.4, 0.5) is 0 Å². The predicted molar refractivity (Wildman–Crippen MR) is 103 cm³/mol. The fourth-order valence-electron chi connectivity index (χ4n) is 2.37. The highest BCUT2D eigenvalue weighted by molar-refractivity contribution is 7.88. The van der Waals surface area contributed by atoms with E-state index in [1.54, 1.807) is 12.3 Å². The van der Waals surface area contributed by atoms with Crippen LogP contribution in [0, 0.1) is 0 Å². The maximum atomic E-state index is 11.7. The first-order valence-electron chi connectivity index (χ1n) is 8.41. The summed E-state index contributed by atoms with van der Waals surface area (Å²) in [6.45, 7) is 3.82. The van der Waals surface area contributed by atoms with Gasteiger partial charge in [-0.15, -0.1) is 0 Å². The van der Waals surface area contributed by atoms with Gasteiger partial charge in [0, 0.05) is 19.8 Å². The molecule has 0 amide bonds. The van der Waals surface area contributed by atoms with Crippen molar-refractivity contribution < 1.29 is 8.42 Å². The molecule has 0 aliphatic carbocycles. The zero-order valence-corrected chi connectivity index (χ0v) is 16.2. The summed E-state index contributed by atoms with van der Waals surface area (Å²) >= 11 is 0. The van der Waals surface area contributed by atoms with E-state index in [9.17, 15) is 8.42 Å². The molecule has 2 rings (SSSR count). The van der Waals surface area contributed by atoms with Gasteiger partial charge in [0.05, 0.1) is 24.5 Å². The molecule has 0 bridgehead atoms. The van der Waals surface area contributed by atoms with Crippen molar-refractivity contribution in [2.45, 2.75) is 25.8 Å². The Morgan fingerprint density at radius 2 is 2.00 bits per heavy atom. The van der Waals surface area contributed by atoms with E-state index >= 15 is 0 Å². The number of sulfonamides is 1. The second-order valence-electron chi connectivity index (χ2n) is 5.78. The minimum Gasteiger partial charge on any atom is -0.357 e. The van der Waals surface area contributed by atoms with Crippen LogP contribution in [-0.2, 0) is 35.9 Å². The SMILES string of the molecule is CCNC(=NCc1cccc(CS(=O)(=O)NC)c1)NCc1ccnn1C. The highest BCUT2D eigenvalue weighted by atomic mass is 32.2. The van der Waals surface area contributed by atoms with Crippen LogP contribution in [0.2, 0.25) is 0 Å². The summed E-state index contributed by atoms with van der Waals surface area (Å²) in [6.07, 6.45) is 1.76. The number of rotatable bonds is 8. The van der Waals surface area contributed by atoms with E-state index < -0.39 is 10.0 Å². The minimum absolute atomic E-state index is 0.0418. The van der Waals surface area contributed by atoms with Crippen molar-refractivity contribution in [3.05, 3.63) is 53.3 Å². The molecule has 0 aliphatic heterocycles. The number of aromatic nitrogens is 2. The number of aliphatic imine (C=N–C) groups is 1. The Morgan fingerprint density at radius 3 is 2.65 bits per heavy atom. The lowest BCUT2D eigenvalue weighted by Crippen LogP contribution is -2.37. The molecular weight excluding hydrogens is 352 g/mol. The summed E-state index contributed by atoms with van der Waals surface area (Å²) in [5.41, 5.74) is 2.74. The summed E-state index contributed by atoms with van der Waals surface area (Å²) < 4.78 is 27.5. The van der Waals surface area contributed by atoms with E-state index in [1.807, 2.05) is 42.9 Å². The first kappa shape index (κ1) is 19.9. The van der Waals surface area contributed by atoms with Crippen molar-refractivity contribution in [1.29, 1.82) is 0 Å². The number of benzene rings is 1. The molecule has 8 nitrogen and oxygen atoms in total. The van der Waals surface area contributed by atoms with Gasteiger partial charge in [-0.05, 0) is 31.2 Å². The molecule has 0 fully saturated rings. The molecule has 26 heavy (non-hydrogen) atoms. The van der Waals surface area contributed by atoms with Gasteiger partial charge in [-0.2, -0.15) is 5.10 Å². The maximum absolute atomic E-state index is 11.7. The molecule has 9 heteroatoms. The lowest BCUT2D eigenvalue weighted by Gasteiger charge is -2.11. The normalized spacial score (nSPS) is 12.2. The van der Waals surface area contributed by atoms with Crippen LogP contribution in [0.3, 0.4) is 0 Å². The van der Waals surface area contributed by atoms with E-state index in [2.05, 4.69) is 25.4 Å². The Morgan fingerprint density at radius 1 is 1.23 bits per heavy atom. The van der Waals surface area contributed by atoms with Crippen LogP contribution in [0.1, 0.15) is 23.7 Å². The Balaban J connectivity index is 2.03. The molecule has 1 heterocycles. The molecular formula is C17H26N6O2S. The third-order valence-corrected chi connectivity index (χ3v) is 5.12. The van der Waals surface area contributed by atoms with E-state index in [1.165, 1.54) is 7.05 Å². The molecule has 142 valence electrons. The zero-order chi connectivity index (χ0) is 19.0. The second kappa shape index (κ2) is 9.35. The van der Waals surface area contributed by atoms with Gasteiger partial charge < -0.3 is 10.6 Å². The molecule has 0 atom stereocenters. The number of guanidine groups is 1. The van der Waals surface area contributed by atoms with Gasteiger partial charge in [-0.3, -0.25) is 4.68 Å². The average molecular weight is 379 g/mol. The van der Waals surface area contributed by atoms with Crippen LogP contribution >= 0.6 is 0 Å². The largest absolute Gasteiger partial charge is 0.357 e. The Bertz CT molecular complexity index is 844. The highest BCUT2D eigenvalue weighted by Gasteiger charge is 2.09. The number of hydrogen-bond donors (Lipinski definition) is 3. The number of hydrogen-bond acceptors (Lipinski definition) is 4. The molecule has 0 radical (unpaired) electrons. The maximum Gasteiger partial charge on any atom is 0.215 e. The molecule has 2 aromatic rings. The third-order valence-electron chi connectivity index (χ3n) is 3.78. The Labute approximate surface area is 154 Å². The molecule has 0 aliphatic rings. The first-order valence-corrected chi connectivity index (χ1v) is 10.1. The van der Waals surface area contributed by atoms with E-state index in [0.29, 0.717) is 19.0 Å². The van der Waals surface area contributed by atoms with Gasteiger partial charge in [0.1, 0.15) is 0 Å². The van der Waals surface area contributed by atoms with Crippen LogP contribution < -0.4 is 15.4 Å². The number of aryl methyl sites for hydroxylation is 1. The van der Waals surface area contributed by atoms with Crippen LogP contribution in [0.15, 0.2) is 41.5 Å². The molecule has 1 aromatic heterocycles. The lowest BCUT2D eigenvalue weighted by atomic mass is 10.1. The van der Waals surface area contributed by atoms with Crippen molar-refractivity contribution in [2.75, 3.05) is 13.6 Å². The summed E-state index contributed by atoms with van der Waals surface area (Å²) in [6, 6.07) is 9.39. The second-order valence-corrected chi connectivity index (χ2v) is 7.70. The van der Waals surface area contributed by atoms with E-state index in [-0.39, 0.29) is 5.75 Å². The topological polar surface area (TPSA) is 100 Å². The summed E-state index contributed by atoms with van der Waals surface area (Å²) in [4.78, 5) is 4.57. The van der Waals surface area contributed by atoms with Crippen molar-refractivity contribution in [1.82, 2.24) is 25.1 Å². The van der Waals surface area contributed by atoms with Gasteiger partial charge >= 0.3 is 0 Å². The Kier molecular flexibility index (Phi) is 7.16. The summed E-state index contributed by atoms with van der Waals surface area (Å²) in [7, 11) is 0.0256. The van der Waals surface area contributed by atoms with Crippen LogP contribution in [0.25, 0.3) is 0 Å². The highest BCUT2D eigenvalue weighted by Crippen LogP contribution is 2.09. The molecule has 3 N–H and O–H groups in total. The fraction of sp³-hybridized carbons (Fsp3) is 0.412. The molecule has 0 saturated heterocycles. The number of nitrogens with zero attached hydrogens (tertiary/aromatic N) is 3. The van der Waals surface area contributed by atoms with Gasteiger partial charge in [0.2, 0.25) is 10.0 Å². The minimum atomic E-state index is -3.29. The monoisotopic (exact) mass is 378 g/mol. The Hall–Kier alpha value is -2.39. The smallest absolute Gasteiger partial charge is 0.215 e. The summed E-state index contributed by atoms with van der Waals surface area (Å²) in [5.74, 6) is 0.654. The lowest BCUT2D eigenvalue weighted by molar-refractivity contribution is 0.587.